The molecule has 2 aromatic carbocycles. The van der Waals surface area contributed by atoms with E-state index in [4.69, 9.17) is 10.5 Å². The number of hydrogen-bond acceptors (Lipinski definition) is 5. The first-order valence-electron chi connectivity index (χ1n) is 9.56. The van der Waals surface area contributed by atoms with Crippen LogP contribution < -0.4 is 15.8 Å². The molecule has 31 heavy (non-hydrogen) atoms. The molecule has 1 aliphatic heterocycles. The van der Waals surface area contributed by atoms with Gasteiger partial charge in [0.25, 0.3) is 17.7 Å². The Morgan fingerprint density at radius 2 is 1.68 bits per heavy atom. The molecule has 3 amide bonds. The van der Waals surface area contributed by atoms with E-state index in [1.54, 1.807) is 18.2 Å². The summed E-state index contributed by atoms with van der Waals surface area (Å²) in [6.45, 7) is 0.420. The molecule has 1 unspecified atom stereocenters. The molecule has 10 heteroatoms. The second-order valence-corrected chi connectivity index (χ2v) is 6.81. The van der Waals surface area contributed by atoms with Crippen molar-refractivity contribution in [3.05, 3.63) is 65.2 Å². The molecule has 1 saturated heterocycles. The summed E-state index contributed by atoms with van der Waals surface area (Å²) in [6.07, 6.45) is -1.27. The van der Waals surface area contributed by atoms with E-state index in [2.05, 4.69) is 5.32 Å². The Morgan fingerprint density at radius 3 is 2.26 bits per heavy atom. The van der Waals surface area contributed by atoms with Gasteiger partial charge in [0, 0.05) is 37.3 Å². The van der Waals surface area contributed by atoms with E-state index in [1.807, 2.05) is 0 Å². The number of carbonyl (C=O) groups excluding carboxylic acids is 3. The van der Waals surface area contributed by atoms with E-state index in [9.17, 15) is 23.2 Å². The maximum Gasteiger partial charge on any atom is 0.263 e. The lowest BCUT2D eigenvalue weighted by Gasteiger charge is -2.29. The fourth-order valence-electron chi connectivity index (χ4n) is 3.34. The number of nitrogens with zero attached hydrogens (tertiary/aromatic N) is 2. The molecule has 0 aromatic heterocycles. The van der Waals surface area contributed by atoms with Gasteiger partial charge in [0.05, 0.1) is 7.11 Å². The summed E-state index contributed by atoms with van der Waals surface area (Å²) in [5.41, 5.74) is 5.59. The number of rotatable bonds is 6. The van der Waals surface area contributed by atoms with Crippen molar-refractivity contribution < 1.29 is 27.9 Å². The predicted molar refractivity (Wildman–Crippen MR) is 107 cm³/mol. The van der Waals surface area contributed by atoms with Gasteiger partial charge >= 0.3 is 0 Å². The van der Waals surface area contributed by atoms with Crippen LogP contribution in [0.25, 0.3) is 0 Å². The third-order valence-corrected chi connectivity index (χ3v) is 4.86. The van der Waals surface area contributed by atoms with Crippen LogP contribution in [0.3, 0.4) is 0 Å². The van der Waals surface area contributed by atoms with Crippen molar-refractivity contribution in [2.75, 3.05) is 33.3 Å². The minimum atomic E-state index is -1.27. The van der Waals surface area contributed by atoms with E-state index in [1.165, 1.54) is 18.1 Å². The van der Waals surface area contributed by atoms with Crippen LogP contribution in [0.15, 0.2) is 42.5 Å². The number of methoxy groups -OCH3 is 1. The molecule has 2 aromatic rings. The maximum absolute atomic E-state index is 13.6. The third-order valence-electron chi connectivity index (χ3n) is 4.86. The van der Waals surface area contributed by atoms with Gasteiger partial charge in [0.15, 0.2) is 17.8 Å². The van der Waals surface area contributed by atoms with Crippen LogP contribution in [-0.4, -0.2) is 67.0 Å². The number of nitrogens with two attached hydrogens (primary N) is 1. The molecular weight excluding hydrogens is 410 g/mol. The minimum Gasteiger partial charge on any atom is -0.497 e. The standard InChI is InChI=1S/C21H22F2N4O4/c1-31-15-4-2-3-13(11-15)20(29)26-9-10-27(19(26)18(28)25-8-7-24)21(30)14-5-6-16(22)17(23)12-14/h2-6,11-12,19H,7-10,24H2,1H3,(H,25,28). The Labute approximate surface area is 177 Å². The van der Waals surface area contributed by atoms with Crippen molar-refractivity contribution in [2.45, 2.75) is 6.17 Å². The van der Waals surface area contributed by atoms with Gasteiger partial charge in [-0.1, -0.05) is 6.07 Å². The highest BCUT2D eigenvalue weighted by atomic mass is 19.2. The van der Waals surface area contributed by atoms with E-state index < -0.39 is 35.5 Å². The number of halogens is 2. The van der Waals surface area contributed by atoms with Crippen molar-refractivity contribution in [2.24, 2.45) is 5.73 Å². The molecule has 0 radical (unpaired) electrons. The second-order valence-electron chi connectivity index (χ2n) is 6.81. The van der Waals surface area contributed by atoms with Gasteiger partial charge in [-0.25, -0.2) is 8.78 Å². The Morgan fingerprint density at radius 1 is 1.03 bits per heavy atom. The van der Waals surface area contributed by atoms with Crippen molar-refractivity contribution in [1.29, 1.82) is 0 Å². The molecule has 1 atom stereocenters. The van der Waals surface area contributed by atoms with Gasteiger partial charge in [-0.15, -0.1) is 0 Å². The van der Waals surface area contributed by atoms with Crippen LogP contribution in [0.5, 0.6) is 5.75 Å². The smallest absolute Gasteiger partial charge is 0.263 e. The number of hydrogen-bond donors (Lipinski definition) is 2. The summed E-state index contributed by atoms with van der Waals surface area (Å²) in [4.78, 5) is 41.3. The number of nitrogens with one attached hydrogen (secondary N) is 1. The van der Waals surface area contributed by atoms with E-state index >= 15 is 0 Å². The molecule has 1 heterocycles. The first-order valence-corrected chi connectivity index (χ1v) is 9.56. The topological polar surface area (TPSA) is 105 Å². The van der Waals surface area contributed by atoms with Gasteiger partial charge in [-0.3, -0.25) is 14.4 Å². The third kappa shape index (κ3) is 4.64. The van der Waals surface area contributed by atoms with Gasteiger partial charge in [-0.05, 0) is 36.4 Å². The first kappa shape index (κ1) is 22.2. The Bertz CT molecular complexity index is 1000. The van der Waals surface area contributed by atoms with Gasteiger partial charge in [-0.2, -0.15) is 0 Å². The highest BCUT2D eigenvalue weighted by Crippen LogP contribution is 2.23. The lowest BCUT2D eigenvalue weighted by atomic mass is 10.1. The van der Waals surface area contributed by atoms with Crippen LogP contribution >= 0.6 is 0 Å². The zero-order valence-corrected chi connectivity index (χ0v) is 16.8. The molecule has 0 bridgehead atoms. The number of ether oxygens (including phenoxy) is 1. The summed E-state index contributed by atoms with van der Waals surface area (Å²) >= 11 is 0. The van der Waals surface area contributed by atoms with Gasteiger partial charge in [0.2, 0.25) is 0 Å². The summed E-state index contributed by atoms with van der Waals surface area (Å²) in [6, 6.07) is 9.13. The Balaban J connectivity index is 1.92. The summed E-state index contributed by atoms with van der Waals surface area (Å²) < 4.78 is 32.0. The molecule has 3 N–H and O–H groups in total. The summed E-state index contributed by atoms with van der Waals surface area (Å²) in [7, 11) is 1.46. The van der Waals surface area contributed by atoms with Crippen molar-refractivity contribution in [1.82, 2.24) is 15.1 Å². The Kier molecular flexibility index (Phi) is 6.81. The molecule has 0 aliphatic carbocycles. The fraction of sp³-hybridized carbons (Fsp3) is 0.286. The quantitative estimate of drug-likeness (QED) is 0.708. The molecule has 0 saturated carbocycles. The summed E-state index contributed by atoms with van der Waals surface area (Å²) in [5.74, 6) is -3.59. The minimum absolute atomic E-state index is 0.0360. The largest absolute Gasteiger partial charge is 0.497 e. The van der Waals surface area contributed by atoms with Crippen LogP contribution in [0, 0.1) is 11.6 Å². The van der Waals surface area contributed by atoms with E-state index in [-0.39, 0.29) is 37.3 Å². The normalized spacial score (nSPS) is 15.7. The predicted octanol–water partition coefficient (Wildman–Crippen LogP) is 0.973. The highest BCUT2D eigenvalue weighted by molar-refractivity contribution is 6.02. The SMILES string of the molecule is COc1cccc(C(=O)N2CCN(C(=O)c3ccc(F)c(F)c3)C2C(=O)NCCN)c1. The molecule has 164 valence electrons. The average molecular weight is 432 g/mol. The van der Waals surface area contributed by atoms with Crippen molar-refractivity contribution in [3.8, 4) is 5.75 Å². The zero-order valence-electron chi connectivity index (χ0n) is 16.8. The molecule has 3 rings (SSSR count). The van der Waals surface area contributed by atoms with Crippen LogP contribution in [0.2, 0.25) is 0 Å². The first-order chi connectivity index (χ1) is 14.9. The molecule has 1 fully saturated rings. The Hall–Kier alpha value is -3.53. The van der Waals surface area contributed by atoms with Gasteiger partial charge in [0.1, 0.15) is 5.75 Å². The lowest BCUT2D eigenvalue weighted by Crippen LogP contribution is -2.54. The molecule has 0 spiro atoms. The number of benzene rings is 2. The molecule has 1 aliphatic rings. The highest BCUT2D eigenvalue weighted by Gasteiger charge is 2.43. The zero-order chi connectivity index (χ0) is 22.5. The van der Waals surface area contributed by atoms with Gasteiger partial charge < -0.3 is 25.6 Å². The second kappa shape index (κ2) is 9.52. The lowest BCUT2D eigenvalue weighted by molar-refractivity contribution is -0.128. The maximum atomic E-state index is 13.6. The number of carbonyl (C=O) groups is 3. The van der Waals surface area contributed by atoms with Crippen molar-refractivity contribution in [3.63, 3.8) is 0 Å². The van der Waals surface area contributed by atoms with Crippen LogP contribution in [0.1, 0.15) is 20.7 Å². The van der Waals surface area contributed by atoms with Crippen LogP contribution in [0.4, 0.5) is 8.78 Å². The average Bonchev–Trinajstić information content (AvgIpc) is 3.23. The molecule has 8 nitrogen and oxygen atoms in total. The monoisotopic (exact) mass is 432 g/mol. The number of amides is 3. The van der Waals surface area contributed by atoms with E-state index in [0.717, 1.165) is 23.1 Å². The molecular formula is C21H22F2N4O4. The van der Waals surface area contributed by atoms with Crippen molar-refractivity contribution >= 4 is 17.7 Å². The van der Waals surface area contributed by atoms with Crippen LogP contribution in [-0.2, 0) is 4.79 Å². The van der Waals surface area contributed by atoms with E-state index in [0.29, 0.717) is 5.75 Å². The fourth-order valence-corrected chi connectivity index (χ4v) is 3.34. The summed E-state index contributed by atoms with van der Waals surface area (Å²) in [5, 5.41) is 2.58.